The third kappa shape index (κ3) is 2.06. The zero-order valence-corrected chi connectivity index (χ0v) is 9.86. The zero-order chi connectivity index (χ0) is 12.3. The molecule has 0 aliphatic rings. The molecule has 0 spiro atoms. The molecular weight excluding hydrogens is 216 g/mol. The molecule has 1 N–H and O–H groups in total. The Balaban J connectivity index is 2.59. The summed E-state index contributed by atoms with van der Waals surface area (Å²) in [6.07, 6.45) is 3.20. The number of benzene rings is 1. The second kappa shape index (κ2) is 4.82. The summed E-state index contributed by atoms with van der Waals surface area (Å²) in [6.45, 7) is 2.08. The van der Waals surface area contributed by atoms with E-state index in [1.807, 2.05) is 18.2 Å². The first-order valence-electron chi connectivity index (χ1n) is 5.46. The Morgan fingerprint density at radius 2 is 2.29 bits per heavy atom. The van der Waals surface area contributed by atoms with Crippen LogP contribution in [0.4, 0.5) is 0 Å². The minimum absolute atomic E-state index is 0.469. The quantitative estimate of drug-likeness (QED) is 0.821. The Hall–Kier alpha value is -2.10. The van der Waals surface area contributed by atoms with Crippen LogP contribution < -0.4 is 4.74 Å². The second-order valence-electron chi connectivity index (χ2n) is 3.67. The molecular formula is C13H14N2O2. The van der Waals surface area contributed by atoms with E-state index in [1.165, 1.54) is 11.9 Å². The number of H-pyrrole nitrogens is 1. The summed E-state index contributed by atoms with van der Waals surface area (Å²) in [4.78, 5) is 17.9. The number of carbonyl (C=O) groups is 1. The first-order valence-corrected chi connectivity index (χ1v) is 5.46. The average Bonchev–Trinajstić information content (AvgIpc) is 2.86. The number of aromatic amines is 1. The minimum Gasteiger partial charge on any atom is -0.496 e. The van der Waals surface area contributed by atoms with Crippen LogP contribution in [-0.4, -0.2) is 23.4 Å². The number of nitrogens with zero attached hydrogens (tertiary/aromatic N) is 1. The molecule has 0 aliphatic heterocycles. The molecule has 1 aromatic heterocycles. The molecule has 0 amide bonds. The minimum atomic E-state index is 0.469. The van der Waals surface area contributed by atoms with Gasteiger partial charge in [0.2, 0.25) is 0 Å². The number of aromatic nitrogens is 2. The van der Waals surface area contributed by atoms with Crippen molar-refractivity contribution in [1.82, 2.24) is 9.97 Å². The fraction of sp³-hybridized carbons (Fsp3) is 0.231. The maximum Gasteiger partial charge on any atom is 0.168 e. The SMILES string of the molecule is CCc1ccc(OC)c(-c2nc[nH]c2C=O)c1. The summed E-state index contributed by atoms with van der Waals surface area (Å²) >= 11 is 0. The van der Waals surface area contributed by atoms with Gasteiger partial charge < -0.3 is 9.72 Å². The number of methoxy groups -OCH3 is 1. The Morgan fingerprint density at radius 1 is 1.47 bits per heavy atom. The van der Waals surface area contributed by atoms with E-state index < -0.39 is 0 Å². The Labute approximate surface area is 99.7 Å². The molecule has 1 aromatic carbocycles. The first-order chi connectivity index (χ1) is 8.30. The summed E-state index contributed by atoms with van der Waals surface area (Å²) in [6, 6.07) is 5.91. The lowest BCUT2D eigenvalue weighted by molar-refractivity contribution is 0.112. The molecule has 17 heavy (non-hydrogen) atoms. The molecule has 0 saturated heterocycles. The fourth-order valence-electron chi connectivity index (χ4n) is 1.77. The van der Waals surface area contributed by atoms with Crippen LogP contribution in [0.1, 0.15) is 23.0 Å². The molecule has 0 radical (unpaired) electrons. The number of hydrogen-bond donors (Lipinski definition) is 1. The van der Waals surface area contributed by atoms with E-state index in [1.54, 1.807) is 7.11 Å². The smallest absolute Gasteiger partial charge is 0.168 e. The van der Waals surface area contributed by atoms with E-state index in [0.29, 0.717) is 11.4 Å². The van der Waals surface area contributed by atoms with Crippen LogP contribution in [0.5, 0.6) is 5.75 Å². The number of carbonyl (C=O) groups excluding carboxylic acids is 1. The summed E-state index contributed by atoms with van der Waals surface area (Å²) in [5.41, 5.74) is 3.12. The number of hydrogen-bond acceptors (Lipinski definition) is 3. The van der Waals surface area contributed by atoms with Crippen LogP contribution in [0.15, 0.2) is 24.5 Å². The van der Waals surface area contributed by atoms with Crippen molar-refractivity contribution >= 4 is 6.29 Å². The zero-order valence-electron chi connectivity index (χ0n) is 9.86. The summed E-state index contributed by atoms with van der Waals surface area (Å²) in [5.74, 6) is 0.720. The maximum atomic E-state index is 10.9. The van der Waals surface area contributed by atoms with Crippen LogP contribution in [-0.2, 0) is 6.42 Å². The lowest BCUT2D eigenvalue weighted by Gasteiger charge is -2.08. The van der Waals surface area contributed by atoms with Crippen molar-refractivity contribution in [3.8, 4) is 17.0 Å². The monoisotopic (exact) mass is 230 g/mol. The predicted octanol–water partition coefficient (Wildman–Crippen LogP) is 2.46. The van der Waals surface area contributed by atoms with Crippen molar-refractivity contribution in [2.45, 2.75) is 13.3 Å². The Morgan fingerprint density at radius 3 is 2.94 bits per heavy atom. The van der Waals surface area contributed by atoms with E-state index in [2.05, 4.69) is 16.9 Å². The lowest BCUT2D eigenvalue weighted by Crippen LogP contribution is -1.93. The van der Waals surface area contributed by atoms with Crippen molar-refractivity contribution in [3.63, 3.8) is 0 Å². The Bertz CT molecular complexity index is 532. The van der Waals surface area contributed by atoms with Crippen molar-refractivity contribution in [3.05, 3.63) is 35.8 Å². The molecule has 0 fully saturated rings. The highest BCUT2D eigenvalue weighted by molar-refractivity contribution is 5.85. The Kier molecular flexibility index (Phi) is 3.23. The van der Waals surface area contributed by atoms with Gasteiger partial charge in [-0.3, -0.25) is 4.79 Å². The van der Waals surface area contributed by atoms with Crippen molar-refractivity contribution < 1.29 is 9.53 Å². The van der Waals surface area contributed by atoms with Crippen LogP contribution >= 0.6 is 0 Å². The molecule has 4 heteroatoms. The number of ether oxygens (including phenoxy) is 1. The van der Waals surface area contributed by atoms with Crippen molar-refractivity contribution in [1.29, 1.82) is 0 Å². The fourth-order valence-corrected chi connectivity index (χ4v) is 1.77. The highest BCUT2D eigenvalue weighted by Gasteiger charge is 2.13. The van der Waals surface area contributed by atoms with Crippen LogP contribution in [0.2, 0.25) is 0 Å². The van der Waals surface area contributed by atoms with E-state index in [-0.39, 0.29) is 0 Å². The molecule has 0 aliphatic carbocycles. The maximum absolute atomic E-state index is 10.9. The van der Waals surface area contributed by atoms with Gasteiger partial charge in [-0.2, -0.15) is 0 Å². The van der Waals surface area contributed by atoms with Gasteiger partial charge >= 0.3 is 0 Å². The van der Waals surface area contributed by atoms with Crippen molar-refractivity contribution in [2.24, 2.45) is 0 Å². The molecule has 2 rings (SSSR count). The average molecular weight is 230 g/mol. The third-order valence-corrected chi connectivity index (χ3v) is 2.71. The molecule has 0 saturated carbocycles. The van der Waals surface area contributed by atoms with E-state index >= 15 is 0 Å². The number of imidazole rings is 1. The highest BCUT2D eigenvalue weighted by atomic mass is 16.5. The van der Waals surface area contributed by atoms with Crippen LogP contribution in [0, 0.1) is 0 Å². The number of rotatable bonds is 4. The summed E-state index contributed by atoms with van der Waals surface area (Å²) in [7, 11) is 1.61. The van der Waals surface area contributed by atoms with E-state index in [4.69, 9.17) is 4.74 Å². The topological polar surface area (TPSA) is 55.0 Å². The van der Waals surface area contributed by atoms with Gasteiger partial charge in [-0.25, -0.2) is 4.98 Å². The molecule has 0 bridgehead atoms. The lowest BCUT2D eigenvalue weighted by atomic mass is 10.0. The van der Waals surface area contributed by atoms with Gasteiger partial charge in [0.1, 0.15) is 17.1 Å². The van der Waals surface area contributed by atoms with Gasteiger partial charge in [0.05, 0.1) is 13.4 Å². The molecule has 0 atom stereocenters. The van der Waals surface area contributed by atoms with Gasteiger partial charge in [0.15, 0.2) is 6.29 Å². The largest absolute Gasteiger partial charge is 0.496 e. The van der Waals surface area contributed by atoms with Gasteiger partial charge in [-0.15, -0.1) is 0 Å². The van der Waals surface area contributed by atoms with E-state index in [0.717, 1.165) is 24.0 Å². The standard InChI is InChI=1S/C13H14N2O2/c1-3-9-4-5-12(17-2)10(6-9)13-11(7-16)14-8-15-13/h4-8H,3H2,1-2H3,(H,14,15). The first kappa shape index (κ1) is 11.4. The molecule has 1 heterocycles. The van der Waals surface area contributed by atoms with Gasteiger partial charge in [-0.05, 0) is 24.1 Å². The van der Waals surface area contributed by atoms with Crippen LogP contribution in [0.25, 0.3) is 11.3 Å². The number of aldehydes is 1. The van der Waals surface area contributed by atoms with Crippen LogP contribution in [0.3, 0.4) is 0 Å². The summed E-state index contributed by atoms with van der Waals surface area (Å²) < 4.78 is 5.30. The van der Waals surface area contributed by atoms with E-state index in [9.17, 15) is 4.79 Å². The second-order valence-corrected chi connectivity index (χ2v) is 3.67. The number of nitrogens with one attached hydrogen (secondary N) is 1. The summed E-state index contributed by atoms with van der Waals surface area (Å²) in [5, 5.41) is 0. The molecule has 2 aromatic rings. The third-order valence-electron chi connectivity index (χ3n) is 2.71. The molecule has 88 valence electrons. The normalized spacial score (nSPS) is 10.2. The van der Waals surface area contributed by atoms with Gasteiger partial charge in [0.25, 0.3) is 0 Å². The predicted molar refractivity (Wildman–Crippen MR) is 65.3 cm³/mol. The van der Waals surface area contributed by atoms with Gasteiger partial charge in [-0.1, -0.05) is 13.0 Å². The molecule has 4 nitrogen and oxygen atoms in total. The van der Waals surface area contributed by atoms with Crippen molar-refractivity contribution in [2.75, 3.05) is 7.11 Å². The highest BCUT2D eigenvalue weighted by Crippen LogP contribution is 2.31. The van der Waals surface area contributed by atoms with Gasteiger partial charge in [0, 0.05) is 5.56 Å². The molecule has 0 unspecified atom stereocenters. The number of aryl methyl sites for hydroxylation is 1.